The van der Waals surface area contributed by atoms with E-state index in [1.165, 1.54) is 0 Å². The van der Waals surface area contributed by atoms with Crippen LogP contribution >= 0.6 is 0 Å². The van der Waals surface area contributed by atoms with E-state index in [0.717, 1.165) is 32.1 Å². The van der Waals surface area contributed by atoms with Crippen molar-refractivity contribution in [3.8, 4) is 0 Å². The maximum atomic E-state index is 11.9. The highest BCUT2D eigenvalue weighted by Crippen LogP contribution is 2.55. The third-order valence-corrected chi connectivity index (χ3v) is 4.77. The van der Waals surface area contributed by atoms with Crippen molar-refractivity contribution in [3.05, 3.63) is 0 Å². The van der Waals surface area contributed by atoms with Crippen LogP contribution in [0.3, 0.4) is 0 Å². The Hall–Kier alpha value is -0.860. The Morgan fingerprint density at radius 3 is 2.94 bits per heavy atom. The number of fused-ring (bicyclic) bond motifs is 1. The van der Waals surface area contributed by atoms with E-state index in [0.29, 0.717) is 18.2 Å². The Bertz CT molecular complexity index is 300. The average molecular weight is 224 g/mol. The molecule has 3 unspecified atom stereocenters. The maximum absolute atomic E-state index is 11.9. The van der Waals surface area contributed by atoms with Crippen molar-refractivity contribution >= 4 is 12.3 Å². The van der Waals surface area contributed by atoms with E-state index in [4.69, 9.17) is 4.74 Å². The van der Waals surface area contributed by atoms with Crippen molar-refractivity contribution < 1.29 is 14.3 Å². The molecule has 0 heterocycles. The molecule has 2 aliphatic carbocycles. The zero-order chi connectivity index (χ0) is 11.8. The van der Waals surface area contributed by atoms with E-state index in [1.807, 2.05) is 6.92 Å². The maximum Gasteiger partial charge on any atom is 0.293 e. The highest BCUT2D eigenvalue weighted by molar-refractivity contribution is 5.83. The molecule has 0 aromatic heterocycles. The van der Waals surface area contributed by atoms with Crippen LogP contribution in [-0.4, -0.2) is 18.4 Å². The van der Waals surface area contributed by atoms with Gasteiger partial charge in [-0.3, -0.25) is 9.59 Å². The van der Waals surface area contributed by atoms with Crippen LogP contribution in [0.2, 0.25) is 0 Å². The van der Waals surface area contributed by atoms with E-state index in [2.05, 4.69) is 6.92 Å². The molecule has 0 aromatic rings. The number of carbonyl (C=O) groups is 2. The molecular formula is C13H20O3. The summed E-state index contributed by atoms with van der Waals surface area (Å²) in [6.07, 6.45) is 4.78. The minimum absolute atomic E-state index is 0.0570. The molecule has 0 radical (unpaired) electrons. The molecule has 3 heteroatoms. The first-order valence-corrected chi connectivity index (χ1v) is 6.21. The van der Waals surface area contributed by atoms with Crippen LogP contribution in [0, 0.1) is 17.3 Å². The van der Waals surface area contributed by atoms with Gasteiger partial charge in [-0.2, -0.15) is 0 Å². The van der Waals surface area contributed by atoms with Crippen molar-refractivity contribution in [2.45, 2.75) is 52.1 Å². The summed E-state index contributed by atoms with van der Waals surface area (Å²) in [5.41, 5.74) is 0.0672. The van der Waals surface area contributed by atoms with E-state index >= 15 is 0 Å². The van der Waals surface area contributed by atoms with Crippen molar-refractivity contribution in [1.82, 2.24) is 0 Å². The molecule has 0 spiro atoms. The van der Waals surface area contributed by atoms with Crippen LogP contribution in [0.25, 0.3) is 0 Å². The van der Waals surface area contributed by atoms with Gasteiger partial charge in [-0.25, -0.2) is 0 Å². The molecule has 2 fully saturated rings. The third kappa shape index (κ3) is 1.66. The number of hydrogen-bond donors (Lipinski definition) is 0. The van der Waals surface area contributed by atoms with Gasteiger partial charge in [-0.1, -0.05) is 6.92 Å². The van der Waals surface area contributed by atoms with E-state index in [9.17, 15) is 9.59 Å². The minimum atomic E-state index is -0.0570. The van der Waals surface area contributed by atoms with Crippen molar-refractivity contribution in [2.75, 3.05) is 0 Å². The predicted molar refractivity (Wildman–Crippen MR) is 59.8 cm³/mol. The summed E-state index contributed by atoms with van der Waals surface area (Å²) in [7, 11) is 0. The second-order valence-electron chi connectivity index (χ2n) is 5.50. The summed E-state index contributed by atoms with van der Waals surface area (Å²) < 4.78 is 5.08. The Labute approximate surface area is 96.5 Å². The first kappa shape index (κ1) is 11.6. The molecule has 0 bridgehead atoms. The summed E-state index contributed by atoms with van der Waals surface area (Å²) in [5, 5.41) is 0. The Morgan fingerprint density at radius 1 is 1.50 bits per heavy atom. The highest BCUT2D eigenvalue weighted by Gasteiger charge is 2.53. The quantitative estimate of drug-likeness (QED) is 0.691. The largest absolute Gasteiger partial charge is 0.465 e. The summed E-state index contributed by atoms with van der Waals surface area (Å²) in [5.74, 6) is 0.991. The Morgan fingerprint density at radius 2 is 2.25 bits per heavy atom. The van der Waals surface area contributed by atoms with Crippen LogP contribution in [-0.2, 0) is 14.3 Å². The Kier molecular flexibility index (Phi) is 3.04. The number of ketones is 1. The molecule has 2 rings (SSSR count). The number of Topliss-reactive ketones (excluding diaryl/α,β-unsaturated/α-hetero) is 1. The van der Waals surface area contributed by atoms with E-state index in [-0.39, 0.29) is 17.4 Å². The molecular weight excluding hydrogens is 204 g/mol. The minimum Gasteiger partial charge on any atom is -0.465 e. The molecule has 0 aliphatic heterocycles. The van der Waals surface area contributed by atoms with Crippen LogP contribution < -0.4 is 0 Å². The van der Waals surface area contributed by atoms with E-state index < -0.39 is 0 Å². The summed E-state index contributed by atoms with van der Waals surface area (Å²) in [6.45, 7) is 4.69. The molecule has 2 saturated carbocycles. The lowest BCUT2D eigenvalue weighted by atomic mass is 9.64. The SMILES string of the molecule is C[C@H](OC=O)C1CCC2C(=O)CCCC21C. The predicted octanol–water partition coefficient (Wildman–Crippen LogP) is 2.33. The zero-order valence-electron chi connectivity index (χ0n) is 10.1. The fraction of sp³-hybridized carbons (Fsp3) is 0.846. The van der Waals surface area contributed by atoms with Gasteiger partial charge in [0.05, 0.1) is 0 Å². The topological polar surface area (TPSA) is 43.4 Å². The fourth-order valence-corrected chi connectivity index (χ4v) is 3.92. The van der Waals surface area contributed by atoms with Gasteiger partial charge < -0.3 is 4.74 Å². The van der Waals surface area contributed by atoms with Gasteiger partial charge in [0.25, 0.3) is 6.47 Å². The molecule has 3 nitrogen and oxygen atoms in total. The Balaban J connectivity index is 2.17. The molecule has 90 valence electrons. The molecule has 0 aromatic carbocycles. The smallest absolute Gasteiger partial charge is 0.293 e. The van der Waals surface area contributed by atoms with Gasteiger partial charge in [0.2, 0.25) is 0 Å². The van der Waals surface area contributed by atoms with Gasteiger partial charge >= 0.3 is 0 Å². The van der Waals surface area contributed by atoms with Gasteiger partial charge in [-0.15, -0.1) is 0 Å². The average Bonchev–Trinajstić information content (AvgIpc) is 2.57. The molecule has 2 aliphatic rings. The monoisotopic (exact) mass is 224 g/mol. The number of carbonyl (C=O) groups excluding carboxylic acids is 2. The summed E-state index contributed by atoms with van der Waals surface area (Å²) in [6, 6.07) is 0. The second-order valence-corrected chi connectivity index (χ2v) is 5.50. The zero-order valence-corrected chi connectivity index (χ0v) is 10.1. The summed E-state index contributed by atoms with van der Waals surface area (Å²) >= 11 is 0. The van der Waals surface area contributed by atoms with Crippen molar-refractivity contribution in [3.63, 3.8) is 0 Å². The standard InChI is InChI=1S/C13H20O3/c1-9(16-8-14)10-5-6-11-12(15)4-3-7-13(10,11)2/h8-11H,3-7H2,1-2H3/t9-,10?,11?,13?/m0/s1. The van der Waals surface area contributed by atoms with Gasteiger partial charge in [0.1, 0.15) is 11.9 Å². The highest BCUT2D eigenvalue weighted by atomic mass is 16.5. The molecule has 0 saturated heterocycles. The fourth-order valence-electron chi connectivity index (χ4n) is 3.92. The van der Waals surface area contributed by atoms with E-state index in [1.54, 1.807) is 0 Å². The lowest BCUT2D eigenvalue weighted by Crippen LogP contribution is -2.41. The van der Waals surface area contributed by atoms with Gasteiger partial charge in [-0.05, 0) is 38.0 Å². The lowest BCUT2D eigenvalue weighted by Gasteiger charge is -2.41. The normalized spacial score (nSPS) is 40.2. The first-order chi connectivity index (χ1) is 7.59. The van der Waals surface area contributed by atoms with Crippen LogP contribution in [0.5, 0.6) is 0 Å². The lowest BCUT2D eigenvalue weighted by molar-refractivity contribution is -0.139. The summed E-state index contributed by atoms with van der Waals surface area (Å²) in [4.78, 5) is 22.3. The molecule has 16 heavy (non-hydrogen) atoms. The molecule has 4 atom stereocenters. The number of hydrogen-bond acceptors (Lipinski definition) is 3. The van der Waals surface area contributed by atoms with Crippen LogP contribution in [0.1, 0.15) is 46.0 Å². The second kappa shape index (κ2) is 4.19. The first-order valence-electron chi connectivity index (χ1n) is 6.21. The number of ether oxygens (including phenoxy) is 1. The third-order valence-electron chi connectivity index (χ3n) is 4.77. The van der Waals surface area contributed by atoms with Crippen molar-refractivity contribution in [2.24, 2.45) is 17.3 Å². The van der Waals surface area contributed by atoms with Crippen molar-refractivity contribution in [1.29, 1.82) is 0 Å². The molecule has 0 N–H and O–H groups in total. The van der Waals surface area contributed by atoms with Crippen LogP contribution in [0.4, 0.5) is 0 Å². The van der Waals surface area contributed by atoms with Gasteiger partial charge in [0.15, 0.2) is 0 Å². The van der Waals surface area contributed by atoms with Gasteiger partial charge in [0, 0.05) is 18.3 Å². The number of rotatable bonds is 3. The molecule has 0 amide bonds. The van der Waals surface area contributed by atoms with Crippen LogP contribution in [0.15, 0.2) is 0 Å².